The monoisotopic (exact) mass is 396 g/mol. The van der Waals surface area contributed by atoms with E-state index >= 15 is 0 Å². The van der Waals surface area contributed by atoms with Crippen LogP contribution in [0.2, 0.25) is 0 Å². The van der Waals surface area contributed by atoms with Gasteiger partial charge in [0.25, 0.3) is 5.91 Å². The zero-order chi connectivity index (χ0) is 20.7. The highest BCUT2D eigenvalue weighted by Crippen LogP contribution is 2.42. The number of carbonyl (C=O) groups is 2. The summed E-state index contributed by atoms with van der Waals surface area (Å²) < 4.78 is 0. The summed E-state index contributed by atoms with van der Waals surface area (Å²) in [6, 6.07) is 18.8. The van der Waals surface area contributed by atoms with Crippen molar-refractivity contribution in [2.24, 2.45) is 0 Å². The second kappa shape index (κ2) is 7.15. The summed E-state index contributed by atoms with van der Waals surface area (Å²) in [6.07, 6.45) is 3.23. The molecule has 6 heteroatoms. The molecule has 148 valence electrons. The molecule has 2 aromatic heterocycles. The summed E-state index contributed by atoms with van der Waals surface area (Å²) in [5.74, 6) is -0.395. The normalized spacial score (nSPS) is 15.4. The highest BCUT2D eigenvalue weighted by atomic mass is 16.2. The van der Waals surface area contributed by atoms with Crippen LogP contribution >= 0.6 is 0 Å². The first-order valence-electron chi connectivity index (χ1n) is 9.80. The van der Waals surface area contributed by atoms with Gasteiger partial charge in [-0.2, -0.15) is 0 Å². The van der Waals surface area contributed by atoms with E-state index in [1.165, 1.54) is 0 Å². The van der Waals surface area contributed by atoms with Gasteiger partial charge < -0.3 is 15.2 Å². The molecule has 3 heterocycles. The Morgan fingerprint density at radius 1 is 1.10 bits per heavy atom. The predicted molar refractivity (Wildman–Crippen MR) is 115 cm³/mol. The fourth-order valence-electron chi connectivity index (χ4n) is 4.29. The molecule has 1 atom stereocenters. The molecule has 4 aromatic rings. The van der Waals surface area contributed by atoms with Gasteiger partial charge in [-0.3, -0.25) is 14.6 Å². The van der Waals surface area contributed by atoms with Gasteiger partial charge in [-0.05, 0) is 36.8 Å². The number of rotatable bonds is 4. The molecule has 0 aliphatic carbocycles. The van der Waals surface area contributed by atoms with E-state index in [4.69, 9.17) is 0 Å². The van der Waals surface area contributed by atoms with Crippen LogP contribution in [0, 0.1) is 6.92 Å². The number of pyridine rings is 1. The Labute approximate surface area is 173 Å². The van der Waals surface area contributed by atoms with Crippen LogP contribution < -0.4 is 5.32 Å². The Morgan fingerprint density at radius 3 is 2.73 bits per heavy atom. The molecule has 2 amide bonds. The number of carbonyl (C=O) groups excluding carboxylic acids is 2. The van der Waals surface area contributed by atoms with Gasteiger partial charge in [-0.15, -0.1) is 0 Å². The molecule has 0 saturated heterocycles. The van der Waals surface area contributed by atoms with E-state index in [0.717, 1.165) is 27.7 Å². The fraction of sp³-hybridized carbons (Fsp3) is 0.125. The van der Waals surface area contributed by atoms with Crippen LogP contribution in [-0.4, -0.2) is 33.2 Å². The van der Waals surface area contributed by atoms with Crippen LogP contribution in [0.15, 0.2) is 73.1 Å². The fourth-order valence-corrected chi connectivity index (χ4v) is 4.29. The number of para-hydroxylation sites is 1. The first-order chi connectivity index (χ1) is 14.6. The van der Waals surface area contributed by atoms with E-state index in [1.807, 2.05) is 55.5 Å². The topological polar surface area (TPSA) is 78.1 Å². The van der Waals surface area contributed by atoms with E-state index < -0.39 is 0 Å². The largest absolute Gasteiger partial charge is 0.358 e. The number of benzene rings is 2. The number of fused-ring (bicyclic) bond motifs is 2. The smallest absolute Gasteiger partial charge is 0.255 e. The maximum absolute atomic E-state index is 13.3. The first-order valence-corrected chi connectivity index (χ1v) is 9.80. The molecule has 5 rings (SSSR count). The van der Waals surface area contributed by atoms with Gasteiger partial charge >= 0.3 is 0 Å². The average molecular weight is 396 g/mol. The Hall–Kier alpha value is -3.93. The quantitative estimate of drug-likeness (QED) is 0.546. The van der Waals surface area contributed by atoms with Crippen LogP contribution in [-0.2, 0) is 4.79 Å². The van der Waals surface area contributed by atoms with Gasteiger partial charge in [0, 0.05) is 33.9 Å². The third-order valence-electron chi connectivity index (χ3n) is 5.53. The SMILES string of the molecule is Cc1[nH]c2ccccc2c1[C@H]1c2ccccc2C(=O)N1CC(=O)Nc1cccnc1. The maximum atomic E-state index is 13.3. The maximum Gasteiger partial charge on any atom is 0.255 e. The van der Waals surface area contributed by atoms with Gasteiger partial charge in [0.1, 0.15) is 6.54 Å². The molecule has 0 radical (unpaired) electrons. The standard InChI is InChI=1S/C24H20N4O2/c1-15-22(19-10-4-5-11-20(19)26-15)23-17-8-2-3-9-18(17)24(30)28(23)14-21(29)27-16-7-6-12-25-13-16/h2-13,23,26H,14H2,1H3,(H,27,29)/t23-/m1/s1. The van der Waals surface area contributed by atoms with E-state index in [0.29, 0.717) is 11.3 Å². The minimum atomic E-state index is -0.329. The molecule has 1 aliphatic heterocycles. The lowest BCUT2D eigenvalue weighted by molar-refractivity contribution is -0.117. The number of anilines is 1. The Bertz CT molecular complexity index is 1260. The van der Waals surface area contributed by atoms with Crippen molar-refractivity contribution < 1.29 is 9.59 Å². The molecular formula is C24H20N4O2. The second-order valence-corrected chi connectivity index (χ2v) is 7.42. The molecule has 0 unspecified atom stereocenters. The number of aromatic nitrogens is 2. The summed E-state index contributed by atoms with van der Waals surface area (Å²) in [6.45, 7) is 1.96. The summed E-state index contributed by atoms with van der Waals surface area (Å²) in [5, 5.41) is 3.89. The summed E-state index contributed by atoms with van der Waals surface area (Å²) in [7, 11) is 0. The molecule has 2 aromatic carbocycles. The van der Waals surface area contributed by atoms with Gasteiger partial charge in [0.2, 0.25) is 5.91 Å². The number of hydrogen-bond acceptors (Lipinski definition) is 3. The van der Waals surface area contributed by atoms with Crippen molar-refractivity contribution in [3.8, 4) is 0 Å². The van der Waals surface area contributed by atoms with Crippen molar-refractivity contribution >= 4 is 28.4 Å². The van der Waals surface area contributed by atoms with E-state index in [-0.39, 0.29) is 24.4 Å². The number of nitrogens with zero attached hydrogens (tertiary/aromatic N) is 2. The van der Waals surface area contributed by atoms with Crippen LogP contribution in [0.5, 0.6) is 0 Å². The van der Waals surface area contributed by atoms with Crippen LogP contribution in [0.25, 0.3) is 10.9 Å². The highest BCUT2D eigenvalue weighted by Gasteiger charge is 2.40. The van der Waals surface area contributed by atoms with Crippen LogP contribution in [0.4, 0.5) is 5.69 Å². The molecule has 2 N–H and O–H groups in total. The third-order valence-corrected chi connectivity index (χ3v) is 5.53. The Balaban J connectivity index is 1.56. The minimum Gasteiger partial charge on any atom is -0.358 e. The van der Waals surface area contributed by atoms with E-state index in [9.17, 15) is 9.59 Å². The molecule has 6 nitrogen and oxygen atoms in total. The van der Waals surface area contributed by atoms with Crippen molar-refractivity contribution in [2.75, 3.05) is 11.9 Å². The zero-order valence-corrected chi connectivity index (χ0v) is 16.4. The van der Waals surface area contributed by atoms with Gasteiger partial charge in [-0.25, -0.2) is 0 Å². The predicted octanol–water partition coefficient (Wildman–Crippen LogP) is 4.06. The number of H-pyrrole nitrogens is 1. The van der Waals surface area contributed by atoms with E-state index in [2.05, 4.69) is 15.3 Å². The first kappa shape index (κ1) is 18.1. The molecule has 0 bridgehead atoms. The van der Waals surface area contributed by atoms with E-state index in [1.54, 1.807) is 29.4 Å². The number of amides is 2. The number of hydrogen-bond donors (Lipinski definition) is 2. The average Bonchev–Trinajstić information content (AvgIpc) is 3.22. The summed E-state index contributed by atoms with van der Waals surface area (Å²) >= 11 is 0. The van der Waals surface area contributed by atoms with Gasteiger partial charge in [0.15, 0.2) is 0 Å². The lowest BCUT2D eigenvalue weighted by Crippen LogP contribution is -2.36. The molecule has 0 spiro atoms. The number of nitrogens with one attached hydrogen (secondary N) is 2. The summed E-state index contributed by atoms with van der Waals surface area (Å²) in [5.41, 5.74) is 5.19. The molecule has 0 fully saturated rings. The Kier molecular flexibility index (Phi) is 4.32. The van der Waals surface area contributed by atoms with Gasteiger partial charge in [0.05, 0.1) is 17.9 Å². The molecular weight excluding hydrogens is 376 g/mol. The van der Waals surface area contributed by atoms with Crippen molar-refractivity contribution in [3.63, 3.8) is 0 Å². The highest BCUT2D eigenvalue weighted by molar-refractivity contribution is 6.04. The summed E-state index contributed by atoms with van der Waals surface area (Å²) in [4.78, 5) is 35.1. The van der Waals surface area contributed by atoms with Crippen LogP contribution in [0.3, 0.4) is 0 Å². The second-order valence-electron chi connectivity index (χ2n) is 7.42. The third kappa shape index (κ3) is 2.93. The van der Waals surface area contributed by atoms with Gasteiger partial charge in [-0.1, -0.05) is 36.4 Å². The zero-order valence-electron chi connectivity index (χ0n) is 16.4. The lowest BCUT2D eigenvalue weighted by Gasteiger charge is -2.25. The minimum absolute atomic E-state index is 0.0496. The number of aromatic amines is 1. The molecule has 30 heavy (non-hydrogen) atoms. The van der Waals surface area contributed by atoms with Crippen molar-refractivity contribution in [3.05, 3.63) is 95.4 Å². The van der Waals surface area contributed by atoms with Crippen molar-refractivity contribution in [1.82, 2.24) is 14.9 Å². The van der Waals surface area contributed by atoms with Crippen molar-refractivity contribution in [2.45, 2.75) is 13.0 Å². The molecule has 0 saturated carbocycles. The lowest BCUT2D eigenvalue weighted by atomic mass is 9.95. The Morgan fingerprint density at radius 2 is 1.90 bits per heavy atom. The van der Waals surface area contributed by atoms with Crippen LogP contribution in [0.1, 0.15) is 33.2 Å². The molecule has 1 aliphatic rings. The van der Waals surface area contributed by atoms with Crippen molar-refractivity contribution in [1.29, 1.82) is 0 Å². The number of aryl methyl sites for hydroxylation is 1.